The van der Waals surface area contributed by atoms with Crippen molar-refractivity contribution in [1.82, 2.24) is 5.32 Å². The first-order chi connectivity index (χ1) is 19.6. The van der Waals surface area contributed by atoms with Crippen LogP contribution in [0.1, 0.15) is 34.7 Å². The van der Waals surface area contributed by atoms with Gasteiger partial charge in [-0.05, 0) is 54.7 Å². The topological polar surface area (TPSA) is 83.1 Å². The number of carbonyl (C=O) groups is 2. The van der Waals surface area contributed by atoms with Gasteiger partial charge in [0, 0.05) is 63.7 Å². The number of hydrogen-bond acceptors (Lipinski definition) is 6. The van der Waals surface area contributed by atoms with Crippen molar-refractivity contribution in [2.45, 2.75) is 18.8 Å². The maximum atomic E-state index is 13.3. The Labute approximate surface area is 236 Å². The number of ether oxygens (including phenoxy) is 2. The van der Waals surface area contributed by atoms with E-state index in [1.807, 2.05) is 54.6 Å². The summed E-state index contributed by atoms with van der Waals surface area (Å²) >= 11 is 0. The number of para-hydroxylation sites is 2. The maximum Gasteiger partial charge on any atom is 0.253 e. The van der Waals surface area contributed by atoms with Crippen molar-refractivity contribution in [1.29, 1.82) is 0 Å². The average Bonchev–Trinajstić information content (AvgIpc) is 3.81. The van der Waals surface area contributed by atoms with Crippen LogP contribution in [0.4, 0.5) is 17.1 Å². The molecule has 1 saturated carbocycles. The normalized spacial score (nSPS) is 18.2. The number of nitrogens with one attached hydrogen (secondary N) is 2. The number of anilines is 3. The Kier molecular flexibility index (Phi) is 8.86. The van der Waals surface area contributed by atoms with Crippen molar-refractivity contribution in [3.8, 4) is 5.75 Å². The van der Waals surface area contributed by atoms with Gasteiger partial charge in [0.05, 0.1) is 18.4 Å². The van der Waals surface area contributed by atoms with Gasteiger partial charge in [-0.25, -0.2) is 0 Å². The van der Waals surface area contributed by atoms with Crippen molar-refractivity contribution in [2.24, 2.45) is 5.92 Å². The van der Waals surface area contributed by atoms with E-state index in [0.717, 1.165) is 56.1 Å². The quantitative estimate of drug-likeness (QED) is 0.347. The van der Waals surface area contributed by atoms with Crippen LogP contribution in [0, 0.1) is 5.92 Å². The third-order valence-corrected chi connectivity index (χ3v) is 7.72. The lowest BCUT2D eigenvalue weighted by Gasteiger charge is -2.38. The van der Waals surface area contributed by atoms with Gasteiger partial charge in [0.15, 0.2) is 0 Å². The summed E-state index contributed by atoms with van der Waals surface area (Å²) in [5.41, 5.74) is 4.35. The summed E-state index contributed by atoms with van der Waals surface area (Å²) in [7, 11) is 3.34. The van der Waals surface area contributed by atoms with Gasteiger partial charge in [-0.1, -0.05) is 42.5 Å². The fourth-order valence-corrected chi connectivity index (χ4v) is 5.45. The highest BCUT2D eigenvalue weighted by Gasteiger charge is 2.43. The Morgan fingerprint density at radius 2 is 1.57 bits per heavy atom. The lowest BCUT2D eigenvalue weighted by atomic mass is 10.1. The maximum absolute atomic E-state index is 13.3. The molecule has 0 radical (unpaired) electrons. The molecule has 8 heteroatoms. The van der Waals surface area contributed by atoms with E-state index in [9.17, 15) is 9.59 Å². The van der Waals surface area contributed by atoms with E-state index in [2.05, 4.69) is 38.6 Å². The zero-order chi connectivity index (χ0) is 27.9. The zero-order valence-corrected chi connectivity index (χ0v) is 23.3. The average molecular weight is 543 g/mol. The summed E-state index contributed by atoms with van der Waals surface area (Å²) in [5, 5.41) is 6.09. The molecule has 2 aliphatic rings. The molecule has 1 saturated heterocycles. The molecule has 2 N–H and O–H groups in total. The monoisotopic (exact) mass is 542 g/mol. The molecule has 3 aromatic rings. The highest BCUT2D eigenvalue weighted by atomic mass is 16.5. The predicted molar refractivity (Wildman–Crippen MR) is 159 cm³/mol. The fourth-order valence-electron chi connectivity index (χ4n) is 5.45. The van der Waals surface area contributed by atoms with Crippen LogP contribution < -0.4 is 25.2 Å². The van der Waals surface area contributed by atoms with E-state index in [1.165, 1.54) is 5.56 Å². The third kappa shape index (κ3) is 6.39. The minimum absolute atomic E-state index is 0.00141. The minimum atomic E-state index is -0.150. The second-order valence-corrected chi connectivity index (χ2v) is 10.3. The molecule has 8 nitrogen and oxygen atoms in total. The summed E-state index contributed by atoms with van der Waals surface area (Å²) in [6.07, 6.45) is 1.57. The Bertz CT molecular complexity index is 1310. The van der Waals surface area contributed by atoms with Gasteiger partial charge in [-0.3, -0.25) is 9.59 Å². The van der Waals surface area contributed by atoms with Gasteiger partial charge in [0.2, 0.25) is 5.91 Å². The summed E-state index contributed by atoms with van der Waals surface area (Å²) < 4.78 is 10.7. The number of methoxy groups -OCH3 is 2. The predicted octanol–water partition coefficient (Wildman–Crippen LogP) is 4.53. The van der Waals surface area contributed by atoms with Crippen LogP contribution >= 0.6 is 0 Å². The molecular formula is C32H38N4O4. The molecule has 1 aliphatic carbocycles. The van der Waals surface area contributed by atoms with Gasteiger partial charge < -0.3 is 29.9 Å². The van der Waals surface area contributed by atoms with Crippen LogP contribution in [-0.4, -0.2) is 65.4 Å². The molecule has 2 unspecified atom stereocenters. The summed E-state index contributed by atoms with van der Waals surface area (Å²) in [6, 6.07) is 23.9. The minimum Gasteiger partial charge on any atom is -0.495 e. The van der Waals surface area contributed by atoms with Crippen LogP contribution in [-0.2, 0) is 9.53 Å². The number of hydrogen-bond donors (Lipinski definition) is 2. The first kappa shape index (κ1) is 27.5. The van der Waals surface area contributed by atoms with Crippen LogP contribution in [0.2, 0.25) is 0 Å². The highest BCUT2D eigenvalue weighted by Crippen LogP contribution is 2.48. The number of amides is 2. The van der Waals surface area contributed by atoms with Gasteiger partial charge in [0.1, 0.15) is 5.75 Å². The number of piperazine rings is 1. The largest absolute Gasteiger partial charge is 0.495 e. The molecular weight excluding hydrogens is 504 g/mol. The van der Waals surface area contributed by atoms with Crippen LogP contribution in [0.3, 0.4) is 0 Å². The van der Waals surface area contributed by atoms with E-state index in [-0.39, 0.29) is 23.7 Å². The van der Waals surface area contributed by atoms with E-state index in [4.69, 9.17) is 9.47 Å². The van der Waals surface area contributed by atoms with Gasteiger partial charge >= 0.3 is 0 Å². The summed E-state index contributed by atoms with van der Waals surface area (Å²) in [6.45, 7) is 4.22. The van der Waals surface area contributed by atoms with Crippen molar-refractivity contribution in [3.05, 3.63) is 83.9 Å². The summed E-state index contributed by atoms with van der Waals surface area (Å²) in [4.78, 5) is 30.9. The number of carbonyl (C=O) groups excluding carboxylic acids is 2. The van der Waals surface area contributed by atoms with Gasteiger partial charge in [-0.2, -0.15) is 0 Å². The molecule has 2 atom stereocenters. The SMILES string of the molecule is COCCCNC(=O)c1cc(NC(=O)C2CC2c2ccccc2)ccc1N1CCN(c2ccccc2OC)CC1. The standard InChI is InChI=1S/C32H38N4O4/c1-39-20-8-15-33-31(37)27-21-24(34-32(38)26-22-25(26)23-9-4-3-5-10-23)13-14-28(27)35-16-18-36(19-17-35)29-11-6-7-12-30(29)40-2/h3-7,9-14,21,25-26H,8,15-20,22H2,1-2H3,(H,33,37)(H,34,38). The number of nitrogens with zero attached hydrogens (tertiary/aromatic N) is 2. The third-order valence-electron chi connectivity index (χ3n) is 7.72. The van der Waals surface area contributed by atoms with E-state index in [0.29, 0.717) is 24.4 Å². The molecule has 2 amide bonds. The highest BCUT2D eigenvalue weighted by molar-refractivity contribution is 6.02. The van der Waals surface area contributed by atoms with Crippen LogP contribution in [0.25, 0.3) is 0 Å². The molecule has 40 heavy (non-hydrogen) atoms. The number of benzene rings is 3. The van der Waals surface area contributed by atoms with Crippen molar-refractivity contribution < 1.29 is 19.1 Å². The molecule has 5 rings (SSSR count). The van der Waals surface area contributed by atoms with Crippen molar-refractivity contribution in [3.63, 3.8) is 0 Å². The molecule has 0 aromatic heterocycles. The lowest BCUT2D eigenvalue weighted by Crippen LogP contribution is -2.47. The first-order valence-electron chi connectivity index (χ1n) is 14.0. The first-order valence-corrected chi connectivity index (χ1v) is 14.0. The smallest absolute Gasteiger partial charge is 0.253 e. The van der Waals surface area contributed by atoms with E-state index >= 15 is 0 Å². The van der Waals surface area contributed by atoms with Crippen LogP contribution in [0.15, 0.2) is 72.8 Å². The summed E-state index contributed by atoms with van der Waals surface area (Å²) in [5.74, 6) is 0.916. The second kappa shape index (κ2) is 12.9. The van der Waals surface area contributed by atoms with Crippen molar-refractivity contribution in [2.75, 3.05) is 68.7 Å². The van der Waals surface area contributed by atoms with E-state index < -0.39 is 0 Å². The van der Waals surface area contributed by atoms with Crippen molar-refractivity contribution >= 4 is 28.9 Å². The number of rotatable bonds is 11. The fraction of sp³-hybridized carbons (Fsp3) is 0.375. The van der Waals surface area contributed by atoms with Gasteiger partial charge in [0.25, 0.3) is 5.91 Å². The zero-order valence-electron chi connectivity index (χ0n) is 23.3. The molecule has 0 spiro atoms. The molecule has 2 fully saturated rings. The molecule has 0 bridgehead atoms. The molecule has 1 heterocycles. The van der Waals surface area contributed by atoms with Gasteiger partial charge in [-0.15, -0.1) is 0 Å². The Morgan fingerprint density at radius 3 is 2.30 bits per heavy atom. The van der Waals surface area contributed by atoms with E-state index in [1.54, 1.807) is 14.2 Å². The Morgan fingerprint density at radius 1 is 0.875 bits per heavy atom. The van der Waals surface area contributed by atoms with Crippen LogP contribution in [0.5, 0.6) is 5.75 Å². The lowest BCUT2D eigenvalue weighted by molar-refractivity contribution is -0.117. The molecule has 1 aliphatic heterocycles. The molecule has 210 valence electrons. The Hall–Kier alpha value is -4.04. The Balaban J connectivity index is 1.29. The molecule has 3 aromatic carbocycles. The second-order valence-electron chi connectivity index (χ2n) is 10.3.